The van der Waals surface area contributed by atoms with Crippen LogP contribution in [0.2, 0.25) is 0 Å². The van der Waals surface area contributed by atoms with Crippen molar-refractivity contribution in [1.82, 2.24) is 4.90 Å². The van der Waals surface area contributed by atoms with Crippen LogP contribution in [-0.2, 0) is 12.7 Å². The fourth-order valence-corrected chi connectivity index (χ4v) is 1.94. The smallest absolute Gasteiger partial charge is 0.329 e. The average molecular weight is 274 g/mol. The Labute approximate surface area is 112 Å². The molecule has 0 saturated heterocycles. The predicted octanol–water partition coefficient (Wildman–Crippen LogP) is 3.27. The van der Waals surface area contributed by atoms with E-state index in [0.29, 0.717) is 25.2 Å². The van der Waals surface area contributed by atoms with Crippen molar-refractivity contribution in [3.05, 3.63) is 35.4 Å². The van der Waals surface area contributed by atoms with Crippen LogP contribution in [0.4, 0.5) is 13.2 Å². The molecule has 1 rings (SSSR count). The summed E-state index contributed by atoms with van der Waals surface area (Å²) in [6.45, 7) is 4.69. The lowest BCUT2D eigenvalue weighted by molar-refractivity contribution is -0.137. The summed E-state index contributed by atoms with van der Waals surface area (Å²) in [5.41, 5.74) is 5.62. The summed E-state index contributed by atoms with van der Waals surface area (Å²) in [4.78, 5) is 2.10. The van der Waals surface area contributed by atoms with Gasteiger partial charge in [-0.1, -0.05) is 31.5 Å². The molecule has 2 N–H and O–H groups in total. The van der Waals surface area contributed by atoms with Crippen LogP contribution < -0.4 is 5.73 Å². The summed E-state index contributed by atoms with van der Waals surface area (Å²) in [7, 11) is 0. The first kappa shape index (κ1) is 16.0. The Morgan fingerprint density at radius 1 is 1.21 bits per heavy atom. The molecule has 1 aromatic carbocycles. The molecule has 1 aromatic rings. The molecule has 5 heteroatoms. The highest BCUT2D eigenvalue weighted by molar-refractivity contribution is 5.25. The summed E-state index contributed by atoms with van der Waals surface area (Å²) < 4.78 is 37.9. The molecule has 0 aliphatic heterocycles. The van der Waals surface area contributed by atoms with Gasteiger partial charge < -0.3 is 5.73 Å². The van der Waals surface area contributed by atoms with Gasteiger partial charge in [0.15, 0.2) is 0 Å². The number of benzene rings is 1. The van der Waals surface area contributed by atoms with Crippen LogP contribution in [0.5, 0.6) is 0 Å². The van der Waals surface area contributed by atoms with Gasteiger partial charge in [-0.2, -0.15) is 13.2 Å². The first-order valence-electron chi connectivity index (χ1n) is 6.56. The Balaban J connectivity index is 2.73. The molecule has 0 amide bonds. The molecular formula is C14H21F3N2. The number of nitrogens with zero attached hydrogens (tertiary/aromatic N) is 1. The maximum absolute atomic E-state index is 12.6. The van der Waals surface area contributed by atoms with Crippen molar-refractivity contribution in [3.63, 3.8) is 0 Å². The van der Waals surface area contributed by atoms with Crippen LogP contribution in [0.3, 0.4) is 0 Å². The van der Waals surface area contributed by atoms with E-state index in [1.807, 2.05) is 0 Å². The Bertz CT molecular complexity index is 377. The van der Waals surface area contributed by atoms with Gasteiger partial charge in [0, 0.05) is 19.6 Å². The van der Waals surface area contributed by atoms with Gasteiger partial charge in [0.25, 0.3) is 0 Å². The lowest BCUT2D eigenvalue weighted by Gasteiger charge is -2.21. The largest absolute Gasteiger partial charge is 0.416 e. The number of halogens is 3. The number of nitrogens with two attached hydrogens (primary N) is 1. The minimum Gasteiger partial charge on any atom is -0.329 e. The van der Waals surface area contributed by atoms with Gasteiger partial charge in [-0.25, -0.2) is 0 Å². The Kier molecular flexibility index (Phi) is 6.31. The molecule has 0 radical (unpaired) electrons. The van der Waals surface area contributed by atoms with Crippen molar-refractivity contribution in [2.75, 3.05) is 19.6 Å². The summed E-state index contributed by atoms with van der Waals surface area (Å²) in [6.07, 6.45) is -2.19. The highest BCUT2D eigenvalue weighted by atomic mass is 19.4. The summed E-state index contributed by atoms with van der Waals surface area (Å²) in [5, 5.41) is 0. The lowest BCUT2D eigenvalue weighted by Crippen LogP contribution is -2.30. The molecule has 0 aliphatic rings. The summed E-state index contributed by atoms with van der Waals surface area (Å²) in [5.74, 6) is 0. The molecule has 0 unspecified atom stereocenters. The number of hydrogen-bond donors (Lipinski definition) is 1. The van der Waals surface area contributed by atoms with Crippen LogP contribution in [0.25, 0.3) is 0 Å². The second-order valence-electron chi connectivity index (χ2n) is 4.62. The highest BCUT2D eigenvalue weighted by Crippen LogP contribution is 2.29. The molecule has 108 valence electrons. The first-order chi connectivity index (χ1) is 8.97. The number of unbranched alkanes of at least 4 members (excludes halogenated alkanes) is 1. The molecule has 0 spiro atoms. The molecule has 0 atom stereocenters. The minimum absolute atomic E-state index is 0.515. The number of alkyl halides is 3. The maximum Gasteiger partial charge on any atom is 0.416 e. The maximum atomic E-state index is 12.6. The van der Waals surface area contributed by atoms with Gasteiger partial charge in [0.2, 0.25) is 0 Å². The number of rotatable bonds is 7. The van der Waals surface area contributed by atoms with Crippen molar-refractivity contribution in [3.8, 4) is 0 Å². The van der Waals surface area contributed by atoms with Crippen LogP contribution in [0, 0.1) is 0 Å². The van der Waals surface area contributed by atoms with Gasteiger partial charge in [-0.05, 0) is 24.6 Å². The van der Waals surface area contributed by atoms with E-state index in [1.54, 1.807) is 6.07 Å². The molecule has 0 aliphatic carbocycles. The van der Waals surface area contributed by atoms with Crippen molar-refractivity contribution in [2.24, 2.45) is 5.73 Å². The van der Waals surface area contributed by atoms with Gasteiger partial charge in [-0.3, -0.25) is 4.90 Å². The van der Waals surface area contributed by atoms with Crippen molar-refractivity contribution < 1.29 is 13.2 Å². The van der Waals surface area contributed by atoms with E-state index < -0.39 is 11.7 Å². The second kappa shape index (κ2) is 7.50. The lowest BCUT2D eigenvalue weighted by atomic mass is 10.1. The summed E-state index contributed by atoms with van der Waals surface area (Å²) in [6, 6.07) is 5.50. The zero-order valence-corrected chi connectivity index (χ0v) is 11.2. The molecule has 2 nitrogen and oxygen atoms in total. The minimum atomic E-state index is -4.28. The van der Waals surface area contributed by atoms with Crippen LogP contribution >= 0.6 is 0 Å². The molecular weight excluding hydrogens is 253 g/mol. The molecule has 0 saturated carbocycles. The molecule has 19 heavy (non-hydrogen) atoms. The van der Waals surface area contributed by atoms with Gasteiger partial charge in [0.1, 0.15) is 0 Å². The van der Waals surface area contributed by atoms with Crippen molar-refractivity contribution in [1.29, 1.82) is 0 Å². The second-order valence-corrected chi connectivity index (χ2v) is 4.62. The monoisotopic (exact) mass is 274 g/mol. The van der Waals surface area contributed by atoms with Crippen LogP contribution in [0.1, 0.15) is 30.9 Å². The first-order valence-corrected chi connectivity index (χ1v) is 6.56. The fourth-order valence-electron chi connectivity index (χ4n) is 1.94. The van der Waals surface area contributed by atoms with Crippen LogP contribution in [-0.4, -0.2) is 24.5 Å². The Hall–Kier alpha value is -1.07. The van der Waals surface area contributed by atoms with Crippen molar-refractivity contribution in [2.45, 2.75) is 32.5 Å². The van der Waals surface area contributed by atoms with Crippen LogP contribution in [0.15, 0.2) is 24.3 Å². The molecule has 0 aromatic heterocycles. The third-order valence-electron chi connectivity index (χ3n) is 2.93. The Morgan fingerprint density at radius 2 is 1.95 bits per heavy atom. The van der Waals surface area contributed by atoms with Gasteiger partial charge in [-0.15, -0.1) is 0 Å². The average Bonchev–Trinajstić information content (AvgIpc) is 2.35. The molecule has 0 fully saturated rings. The van der Waals surface area contributed by atoms with E-state index >= 15 is 0 Å². The third-order valence-corrected chi connectivity index (χ3v) is 2.93. The zero-order chi connectivity index (χ0) is 14.3. The fraction of sp³-hybridized carbons (Fsp3) is 0.571. The zero-order valence-electron chi connectivity index (χ0n) is 11.2. The summed E-state index contributed by atoms with van der Waals surface area (Å²) >= 11 is 0. The normalized spacial score (nSPS) is 12.1. The van der Waals surface area contributed by atoms with E-state index in [-0.39, 0.29) is 0 Å². The topological polar surface area (TPSA) is 29.3 Å². The van der Waals surface area contributed by atoms with E-state index in [2.05, 4.69) is 11.8 Å². The van der Waals surface area contributed by atoms with Gasteiger partial charge >= 0.3 is 6.18 Å². The SMILES string of the molecule is CCCCN(CCN)Cc1cccc(C(F)(F)F)c1. The van der Waals surface area contributed by atoms with E-state index in [0.717, 1.165) is 25.5 Å². The standard InChI is InChI=1S/C14H21F3N2/c1-2-3-8-19(9-7-18)11-12-5-4-6-13(10-12)14(15,16)17/h4-6,10H,2-3,7-9,11,18H2,1H3. The van der Waals surface area contributed by atoms with Gasteiger partial charge in [0.05, 0.1) is 5.56 Å². The number of hydrogen-bond acceptors (Lipinski definition) is 2. The van der Waals surface area contributed by atoms with Crippen molar-refractivity contribution >= 4 is 0 Å². The molecule has 0 heterocycles. The molecule has 0 bridgehead atoms. The van der Waals surface area contributed by atoms with E-state index in [4.69, 9.17) is 5.73 Å². The third kappa shape index (κ3) is 5.61. The Morgan fingerprint density at radius 3 is 2.53 bits per heavy atom. The van der Waals surface area contributed by atoms with E-state index in [9.17, 15) is 13.2 Å². The highest BCUT2D eigenvalue weighted by Gasteiger charge is 2.30. The van der Waals surface area contributed by atoms with E-state index in [1.165, 1.54) is 12.1 Å². The quantitative estimate of drug-likeness (QED) is 0.827. The predicted molar refractivity (Wildman–Crippen MR) is 70.7 cm³/mol.